The molecule has 3 nitrogen and oxygen atoms in total. The summed E-state index contributed by atoms with van der Waals surface area (Å²) < 4.78 is 0. The second kappa shape index (κ2) is 5.69. The zero-order chi connectivity index (χ0) is 10.6. The van der Waals surface area contributed by atoms with Crippen molar-refractivity contribution < 1.29 is 5.11 Å². The summed E-state index contributed by atoms with van der Waals surface area (Å²) in [4.78, 5) is 4.93. The molecule has 1 heterocycles. The van der Waals surface area contributed by atoms with E-state index in [9.17, 15) is 0 Å². The van der Waals surface area contributed by atoms with Gasteiger partial charge in [-0.15, -0.1) is 0 Å². The van der Waals surface area contributed by atoms with Crippen molar-refractivity contribution in [2.45, 2.75) is 26.3 Å². The largest absolute Gasteiger partial charge is 0.396 e. The molecule has 0 amide bonds. The van der Waals surface area contributed by atoms with Crippen molar-refractivity contribution in [2.75, 3.05) is 39.8 Å². The van der Waals surface area contributed by atoms with Crippen LogP contribution in [0.2, 0.25) is 0 Å². The molecule has 0 aliphatic carbocycles. The van der Waals surface area contributed by atoms with Crippen LogP contribution in [0.15, 0.2) is 0 Å². The van der Waals surface area contributed by atoms with Crippen molar-refractivity contribution in [2.24, 2.45) is 5.92 Å². The molecular formula is C11H24N2O. The first kappa shape index (κ1) is 12.0. The Kier molecular flexibility index (Phi) is 4.85. The summed E-state index contributed by atoms with van der Waals surface area (Å²) in [5.41, 5.74) is 0. The summed E-state index contributed by atoms with van der Waals surface area (Å²) in [6.45, 7) is 9.19. The van der Waals surface area contributed by atoms with Crippen molar-refractivity contribution in [3.63, 3.8) is 0 Å². The third-order valence-corrected chi connectivity index (χ3v) is 3.21. The molecule has 1 aliphatic heterocycles. The van der Waals surface area contributed by atoms with Gasteiger partial charge in [0, 0.05) is 38.8 Å². The number of hydrogen-bond acceptors (Lipinski definition) is 3. The number of likely N-dealkylation sites (N-methyl/N-ethyl adjacent to an activating group) is 1. The normalized spacial score (nSPS) is 27.9. The van der Waals surface area contributed by atoms with Crippen LogP contribution in [-0.4, -0.2) is 60.8 Å². The van der Waals surface area contributed by atoms with Gasteiger partial charge in [0.05, 0.1) is 0 Å². The SMILES string of the molecule is CCC1CN(CC(C)CO)CCN1C. The van der Waals surface area contributed by atoms with Crippen molar-refractivity contribution in [1.82, 2.24) is 9.80 Å². The van der Waals surface area contributed by atoms with E-state index in [1.807, 2.05) is 0 Å². The maximum Gasteiger partial charge on any atom is 0.0468 e. The lowest BCUT2D eigenvalue weighted by atomic mass is 10.1. The molecule has 0 aromatic heterocycles. The fourth-order valence-electron chi connectivity index (χ4n) is 2.12. The van der Waals surface area contributed by atoms with Gasteiger partial charge in [-0.3, -0.25) is 0 Å². The molecule has 1 fully saturated rings. The predicted molar refractivity (Wildman–Crippen MR) is 59.4 cm³/mol. The van der Waals surface area contributed by atoms with Crippen molar-refractivity contribution in [3.8, 4) is 0 Å². The standard InChI is InChI=1S/C11H24N2O/c1-4-11-8-13(6-5-12(11)3)7-10(2)9-14/h10-11,14H,4-9H2,1-3H3. The fraction of sp³-hybridized carbons (Fsp3) is 1.00. The molecule has 1 rings (SSSR count). The number of piperazine rings is 1. The van der Waals surface area contributed by atoms with Gasteiger partial charge in [0.2, 0.25) is 0 Å². The van der Waals surface area contributed by atoms with Crippen LogP contribution in [0.5, 0.6) is 0 Å². The minimum Gasteiger partial charge on any atom is -0.396 e. The van der Waals surface area contributed by atoms with E-state index in [0.29, 0.717) is 18.6 Å². The third-order valence-electron chi connectivity index (χ3n) is 3.21. The van der Waals surface area contributed by atoms with E-state index < -0.39 is 0 Å². The number of hydrogen-bond donors (Lipinski definition) is 1. The highest BCUT2D eigenvalue weighted by atomic mass is 16.3. The molecule has 0 aromatic carbocycles. The van der Waals surface area contributed by atoms with E-state index in [0.717, 1.165) is 26.2 Å². The van der Waals surface area contributed by atoms with E-state index in [2.05, 4.69) is 30.7 Å². The molecule has 0 spiro atoms. The molecule has 0 bridgehead atoms. The molecule has 84 valence electrons. The van der Waals surface area contributed by atoms with Gasteiger partial charge < -0.3 is 14.9 Å². The summed E-state index contributed by atoms with van der Waals surface area (Å²) in [6, 6.07) is 0.703. The van der Waals surface area contributed by atoms with Gasteiger partial charge in [-0.1, -0.05) is 13.8 Å². The smallest absolute Gasteiger partial charge is 0.0468 e. The molecule has 1 saturated heterocycles. The Hall–Kier alpha value is -0.120. The van der Waals surface area contributed by atoms with Crippen molar-refractivity contribution in [3.05, 3.63) is 0 Å². The zero-order valence-electron chi connectivity index (χ0n) is 9.74. The van der Waals surface area contributed by atoms with E-state index in [-0.39, 0.29) is 0 Å². The lowest BCUT2D eigenvalue weighted by Gasteiger charge is -2.39. The summed E-state index contributed by atoms with van der Waals surface area (Å²) in [7, 11) is 2.21. The third kappa shape index (κ3) is 3.23. The number of aliphatic hydroxyl groups excluding tert-OH is 1. The Bertz CT molecular complexity index is 163. The van der Waals surface area contributed by atoms with E-state index in [1.54, 1.807) is 0 Å². The van der Waals surface area contributed by atoms with Crippen LogP contribution in [0.4, 0.5) is 0 Å². The molecular weight excluding hydrogens is 176 g/mol. The summed E-state index contributed by atoms with van der Waals surface area (Å²) in [6.07, 6.45) is 1.22. The fourth-order valence-corrected chi connectivity index (χ4v) is 2.12. The zero-order valence-corrected chi connectivity index (χ0v) is 9.74. The van der Waals surface area contributed by atoms with Gasteiger partial charge in [-0.2, -0.15) is 0 Å². The van der Waals surface area contributed by atoms with Crippen molar-refractivity contribution >= 4 is 0 Å². The van der Waals surface area contributed by atoms with Gasteiger partial charge in [0.1, 0.15) is 0 Å². The summed E-state index contributed by atoms with van der Waals surface area (Å²) >= 11 is 0. The monoisotopic (exact) mass is 200 g/mol. The second-order valence-electron chi connectivity index (χ2n) is 4.59. The van der Waals surface area contributed by atoms with Crippen LogP contribution in [0.3, 0.4) is 0 Å². The Labute approximate surface area is 87.7 Å². The van der Waals surface area contributed by atoms with Gasteiger partial charge in [-0.05, 0) is 19.4 Å². The van der Waals surface area contributed by atoms with Crippen LogP contribution in [0.1, 0.15) is 20.3 Å². The van der Waals surface area contributed by atoms with Crippen LogP contribution in [-0.2, 0) is 0 Å². The van der Waals surface area contributed by atoms with Crippen LogP contribution < -0.4 is 0 Å². The van der Waals surface area contributed by atoms with Gasteiger partial charge in [-0.25, -0.2) is 0 Å². The summed E-state index contributed by atoms with van der Waals surface area (Å²) in [5.74, 6) is 0.413. The first-order chi connectivity index (χ1) is 6.67. The first-order valence-corrected chi connectivity index (χ1v) is 5.70. The highest BCUT2D eigenvalue weighted by Crippen LogP contribution is 2.11. The lowest BCUT2D eigenvalue weighted by molar-refractivity contribution is 0.0740. The molecule has 2 atom stereocenters. The minimum atomic E-state index is 0.309. The maximum atomic E-state index is 9.00. The Morgan fingerprint density at radius 2 is 2.14 bits per heavy atom. The number of rotatable bonds is 4. The maximum absolute atomic E-state index is 9.00. The molecule has 1 N–H and O–H groups in total. The predicted octanol–water partition coefficient (Wildman–Crippen LogP) is 0.641. The lowest BCUT2D eigenvalue weighted by Crippen LogP contribution is -2.52. The molecule has 0 aromatic rings. The van der Waals surface area contributed by atoms with Gasteiger partial charge in [0.15, 0.2) is 0 Å². The average molecular weight is 200 g/mol. The Morgan fingerprint density at radius 3 is 2.71 bits per heavy atom. The quantitative estimate of drug-likeness (QED) is 0.721. The second-order valence-corrected chi connectivity index (χ2v) is 4.59. The van der Waals surface area contributed by atoms with E-state index in [4.69, 9.17) is 5.11 Å². The number of nitrogens with zero attached hydrogens (tertiary/aromatic N) is 2. The van der Waals surface area contributed by atoms with Gasteiger partial charge >= 0.3 is 0 Å². The summed E-state index contributed by atoms with van der Waals surface area (Å²) in [5, 5.41) is 9.00. The highest BCUT2D eigenvalue weighted by molar-refractivity contribution is 4.79. The Morgan fingerprint density at radius 1 is 1.43 bits per heavy atom. The molecule has 0 radical (unpaired) electrons. The van der Waals surface area contributed by atoms with E-state index >= 15 is 0 Å². The van der Waals surface area contributed by atoms with Crippen molar-refractivity contribution in [1.29, 1.82) is 0 Å². The minimum absolute atomic E-state index is 0.309. The topological polar surface area (TPSA) is 26.7 Å². The first-order valence-electron chi connectivity index (χ1n) is 5.70. The average Bonchev–Trinajstić information content (AvgIpc) is 2.20. The number of aliphatic hydroxyl groups is 1. The molecule has 0 saturated carbocycles. The molecule has 14 heavy (non-hydrogen) atoms. The van der Waals surface area contributed by atoms with Crippen LogP contribution in [0.25, 0.3) is 0 Å². The van der Waals surface area contributed by atoms with Crippen LogP contribution >= 0.6 is 0 Å². The van der Waals surface area contributed by atoms with Crippen LogP contribution in [0, 0.1) is 5.92 Å². The Balaban J connectivity index is 2.34. The van der Waals surface area contributed by atoms with E-state index in [1.165, 1.54) is 6.42 Å². The highest BCUT2D eigenvalue weighted by Gasteiger charge is 2.23. The molecule has 2 unspecified atom stereocenters. The molecule has 3 heteroatoms. The molecule has 1 aliphatic rings. The van der Waals surface area contributed by atoms with Gasteiger partial charge in [0.25, 0.3) is 0 Å².